The first-order valence-corrected chi connectivity index (χ1v) is 5.42. The van der Waals surface area contributed by atoms with Crippen molar-refractivity contribution < 1.29 is 9.15 Å². The molecule has 2 heteroatoms. The van der Waals surface area contributed by atoms with Crippen molar-refractivity contribution in [2.24, 2.45) is 0 Å². The Kier molecular flexibility index (Phi) is 2.07. The number of para-hydroxylation sites is 1. The van der Waals surface area contributed by atoms with E-state index in [-0.39, 0.29) is 0 Å². The molecule has 2 nitrogen and oxygen atoms in total. The normalized spacial score (nSPS) is 11.1. The van der Waals surface area contributed by atoms with Gasteiger partial charge in [0.1, 0.15) is 16.9 Å². The minimum Gasteiger partial charge on any atom is -0.494 e. The van der Waals surface area contributed by atoms with Crippen LogP contribution in [0.4, 0.5) is 0 Å². The summed E-state index contributed by atoms with van der Waals surface area (Å²) >= 11 is 0. The fourth-order valence-electron chi connectivity index (χ4n) is 1.96. The minimum absolute atomic E-state index is 0.672. The molecule has 0 fully saturated rings. The van der Waals surface area contributed by atoms with Crippen LogP contribution in [0.5, 0.6) is 5.75 Å². The highest BCUT2D eigenvalue weighted by molar-refractivity contribution is 6.05. The summed E-state index contributed by atoms with van der Waals surface area (Å²) in [5, 5.41) is 2.29. The fraction of sp³-hybridized carbons (Fsp3) is 0.143. The van der Waals surface area contributed by atoms with E-state index in [1.807, 2.05) is 43.3 Å². The molecule has 0 radical (unpaired) electrons. The van der Waals surface area contributed by atoms with Crippen LogP contribution in [0.15, 0.2) is 46.9 Å². The van der Waals surface area contributed by atoms with Gasteiger partial charge in [-0.2, -0.15) is 0 Å². The Morgan fingerprint density at radius 1 is 1.00 bits per heavy atom. The topological polar surface area (TPSA) is 22.4 Å². The number of benzene rings is 2. The minimum atomic E-state index is 0.672. The Labute approximate surface area is 93.4 Å². The molecule has 0 aliphatic heterocycles. The van der Waals surface area contributed by atoms with E-state index >= 15 is 0 Å². The Morgan fingerprint density at radius 3 is 2.69 bits per heavy atom. The predicted octanol–water partition coefficient (Wildman–Crippen LogP) is 3.98. The van der Waals surface area contributed by atoms with Gasteiger partial charge in [0.05, 0.1) is 6.61 Å². The van der Waals surface area contributed by atoms with Gasteiger partial charge in [0, 0.05) is 16.8 Å². The van der Waals surface area contributed by atoms with Gasteiger partial charge in [-0.15, -0.1) is 0 Å². The van der Waals surface area contributed by atoms with Gasteiger partial charge in [0.2, 0.25) is 0 Å². The van der Waals surface area contributed by atoms with Gasteiger partial charge in [-0.05, 0) is 25.1 Å². The third-order valence-electron chi connectivity index (χ3n) is 2.66. The highest BCUT2D eigenvalue weighted by Gasteiger charge is 2.06. The average molecular weight is 212 g/mol. The highest BCUT2D eigenvalue weighted by atomic mass is 16.5. The molecule has 0 saturated heterocycles. The molecule has 0 saturated carbocycles. The van der Waals surface area contributed by atoms with E-state index in [4.69, 9.17) is 9.15 Å². The maximum absolute atomic E-state index is 5.76. The van der Waals surface area contributed by atoms with Crippen LogP contribution in [0, 0.1) is 0 Å². The van der Waals surface area contributed by atoms with Gasteiger partial charge in [0.25, 0.3) is 0 Å². The third-order valence-corrected chi connectivity index (χ3v) is 2.66. The Balaban J connectivity index is 2.28. The van der Waals surface area contributed by atoms with Crippen molar-refractivity contribution in [2.45, 2.75) is 6.92 Å². The van der Waals surface area contributed by atoms with E-state index < -0.39 is 0 Å². The number of rotatable bonds is 2. The molecule has 1 aromatic heterocycles. The zero-order chi connectivity index (χ0) is 11.0. The van der Waals surface area contributed by atoms with E-state index in [0.29, 0.717) is 6.61 Å². The number of ether oxygens (including phenoxy) is 1. The van der Waals surface area contributed by atoms with Crippen molar-refractivity contribution in [1.82, 2.24) is 0 Å². The monoisotopic (exact) mass is 212 g/mol. The molecular weight excluding hydrogens is 200 g/mol. The van der Waals surface area contributed by atoms with Crippen molar-refractivity contribution >= 4 is 21.9 Å². The lowest BCUT2D eigenvalue weighted by Crippen LogP contribution is -1.89. The molecular formula is C14H12O2. The number of fused-ring (bicyclic) bond motifs is 3. The second kappa shape index (κ2) is 3.56. The van der Waals surface area contributed by atoms with E-state index in [1.54, 1.807) is 0 Å². The SMILES string of the molecule is CCOc1ccc2c(c1)oc1ccccc12. The summed E-state index contributed by atoms with van der Waals surface area (Å²) in [6.45, 7) is 2.65. The van der Waals surface area contributed by atoms with Crippen molar-refractivity contribution in [1.29, 1.82) is 0 Å². The van der Waals surface area contributed by atoms with Gasteiger partial charge in [-0.25, -0.2) is 0 Å². The van der Waals surface area contributed by atoms with Crippen LogP contribution >= 0.6 is 0 Å². The standard InChI is InChI=1S/C14H12O2/c1-2-15-10-7-8-12-11-5-3-4-6-13(11)16-14(12)9-10/h3-9H,2H2,1H3. The maximum Gasteiger partial charge on any atom is 0.139 e. The van der Waals surface area contributed by atoms with Gasteiger partial charge in [0.15, 0.2) is 0 Å². The van der Waals surface area contributed by atoms with Gasteiger partial charge in [-0.1, -0.05) is 18.2 Å². The molecule has 0 aliphatic rings. The number of furan rings is 1. The zero-order valence-corrected chi connectivity index (χ0v) is 9.07. The van der Waals surface area contributed by atoms with Crippen LogP contribution in [0.1, 0.15) is 6.92 Å². The molecule has 0 spiro atoms. The predicted molar refractivity (Wildman–Crippen MR) is 64.9 cm³/mol. The molecule has 16 heavy (non-hydrogen) atoms. The molecule has 1 heterocycles. The van der Waals surface area contributed by atoms with E-state index in [1.165, 1.54) is 0 Å². The van der Waals surface area contributed by atoms with Gasteiger partial charge >= 0.3 is 0 Å². The summed E-state index contributed by atoms with van der Waals surface area (Å²) in [5.41, 5.74) is 1.80. The van der Waals surface area contributed by atoms with Crippen LogP contribution in [0.3, 0.4) is 0 Å². The molecule has 0 N–H and O–H groups in total. The van der Waals surface area contributed by atoms with E-state index in [0.717, 1.165) is 27.7 Å². The Morgan fingerprint density at radius 2 is 1.81 bits per heavy atom. The first kappa shape index (κ1) is 9.28. The molecule has 2 aromatic carbocycles. The summed E-state index contributed by atoms with van der Waals surface area (Å²) in [7, 11) is 0. The summed E-state index contributed by atoms with van der Waals surface area (Å²) < 4.78 is 11.2. The van der Waals surface area contributed by atoms with Crippen molar-refractivity contribution in [3.63, 3.8) is 0 Å². The van der Waals surface area contributed by atoms with E-state index in [2.05, 4.69) is 6.07 Å². The first-order valence-electron chi connectivity index (χ1n) is 5.42. The van der Waals surface area contributed by atoms with Crippen molar-refractivity contribution in [3.05, 3.63) is 42.5 Å². The smallest absolute Gasteiger partial charge is 0.139 e. The molecule has 3 rings (SSSR count). The Bertz CT molecular complexity index is 637. The molecule has 0 aliphatic carbocycles. The van der Waals surface area contributed by atoms with Gasteiger partial charge < -0.3 is 9.15 Å². The highest BCUT2D eigenvalue weighted by Crippen LogP contribution is 2.30. The van der Waals surface area contributed by atoms with Crippen LogP contribution in [-0.4, -0.2) is 6.61 Å². The maximum atomic E-state index is 5.76. The number of hydrogen-bond donors (Lipinski definition) is 0. The van der Waals surface area contributed by atoms with E-state index in [9.17, 15) is 0 Å². The molecule has 80 valence electrons. The second-order valence-electron chi connectivity index (χ2n) is 3.69. The molecule has 3 aromatic rings. The average Bonchev–Trinajstić information content (AvgIpc) is 2.67. The van der Waals surface area contributed by atoms with Crippen LogP contribution in [0.2, 0.25) is 0 Å². The number of hydrogen-bond acceptors (Lipinski definition) is 2. The zero-order valence-electron chi connectivity index (χ0n) is 9.07. The van der Waals surface area contributed by atoms with Crippen LogP contribution in [-0.2, 0) is 0 Å². The third kappa shape index (κ3) is 1.34. The molecule has 0 amide bonds. The summed E-state index contributed by atoms with van der Waals surface area (Å²) in [6, 6.07) is 14.0. The lowest BCUT2D eigenvalue weighted by atomic mass is 10.1. The molecule has 0 bridgehead atoms. The second-order valence-corrected chi connectivity index (χ2v) is 3.69. The lowest BCUT2D eigenvalue weighted by Gasteiger charge is -2.00. The summed E-state index contributed by atoms with van der Waals surface area (Å²) in [4.78, 5) is 0. The van der Waals surface area contributed by atoms with Crippen LogP contribution in [0.25, 0.3) is 21.9 Å². The van der Waals surface area contributed by atoms with Gasteiger partial charge in [-0.3, -0.25) is 0 Å². The Hall–Kier alpha value is -1.96. The largest absolute Gasteiger partial charge is 0.494 e. The van der Waals surface area contributed by atoms with Crippen molar-refractivity contribution in [3.8, 4) is 5.75 Å². The molecule has 0 atom stereocenters. The van der Waals surface area contributed by atoms with Crippen LogP contribution < -0.4 is 4.74 Å². The van der Waals surface area contributed by atoms with Crippen molar-refractivity contribution in [2.75, 3.05) is 6.61 Å². The molecule has 0 unspecified atom stereocenters. The quantitative estimate of drug-likeness (QED) is 0.641. The lowest BCUT2D eigenvalue weighted by molar-refractivity contribution is 0.340. The summed E-state index contributed by atoms with van der Waals surface area (Å²) in [5.74, 6) is 0.856. The summed E-state index contributed by atoms with van der Waals surface area (Å²) in [6.07, 6.45) is 0. The first-order chi connectivity index (χ1) is 7.88. The fourth-order valence-corrected chi connectivity index (χ4v) is 1.96.